The summed E-state index contributed by atoms with van der Waals surface area (Å²) in [6.07, 6.45) is 22.1. The number of hydrogen-bond donors (Lipinski definition) is 1. The van der Waals surface area contributed by atoms with Crippen LogP contribution >= 0.6 is 0 Å². The van der Waals surface area contributed by atoms with Gasteiger partial charge in [-0.15, -0.1) is 0 Å². The predicted molar refractivity (Wildman–Crippen MR) is 165 cm³/mol. The molecular weight excluding hydrogens is 476 g/mol. The average Bonchev–Trinajstić information content (AvgIpc) is 2.79. The molecule has 0 spiro atoms. The molecule has 4 heteroatoms. The van der Waals surface area contributed by atoms with Gasteiger partial charge in [0.25, 0.3) is 0 Å². The van der Waals surface area contributed by atoms with E-state index in [2.05, 4.69) is 65.0 Å². The molecule has 1 atom stereocenters. The van der Waals surface area contributed by atoms with Crippen molar-refractivity contribution in [3.8, 4) is 0 Å². The molecule has 212 valence electrons. The molecule has 37 heavy (non-hydrogen) atoms. The van der Waals surface area contributed by atoms with Gasteiger partial charge in [-0.25, -0.2) is 8.42 Å². The van der Waals surface area contributed by atoms with Crippen molar-refractivity contribution in [1.82, 2.24) is 0 Å². The van der Waals surface area contributed by atoms with Crippen LogP contribution in [0.4, 0.5) is 0 Å². The normalized spacial score (nSPS) is 15.2. The molecule has 0 bridgehead atoms. The van der Waals surface area contributed by atoms with Crippen LogP contribution < -0.4 is 0 Å². The Kier molecular flexibility index (Phi) is 19.4. The van der Waals surface area contributed by atoms with Crippen molar-refractivity contribution >= 4 is 9.84 Å². The fraction of sp³-hybridized carbons (Fsp3) is 0.636. The van der Waals surface area contributed by atoms with E-state index in [4.69, 9.17) is 5.11 Å². The van der Waals surface area contributed by atoms with Gasteiger partial charge in [0, 0.05) is 0 Å². The van der Waals surface area contributed by atoms with Crippen LogP contribution in [-0.2, 0) is 9.84 Å². The largest absolute Gasteiger partial charge is 0.392 e. The Labute approximate surface area is 230 Å². The third-order valence-electron chi connectivity index (χ3n) is 6.71. The zero-order chi connectivity index (χ0) is 28.3. The van der Waals surface area contributed by atoms with Crippen LogP contribution in [0.15, 0.2) is 69.9 Å². The molecule has 1 N–H and O–H groups in total. The highest BCUT2D eigenvalue weighted by atomic mass is 32.2. The minimum Gasteiger partial charge on any atom is -0.392 e. The highest BCUT2D eigenvalue weighted by Gasteiger charge is 2.25. The molecule has 0 aliphatic heterocycles. The van der Waals surface area contributed by atoms with Gasteiger partial charge in [-0.3, -0.25) is 0 Å². The molecule has 0 fully saturated rings. The summed E-state index contributed by atoms with van der Waals surface area (Å²) in [7, 11) is -3.17. The van der Waals surface area contributed by atoms with Crippen LogP contribution in [0, 0.1) is 0 Å². The van der Waals surface area contributed by atoms with Crippen molar-refractivity contribution < 1.29 is 13.5 Å². The molecule has 0 saturated heterocycles. The lowest BCUT2D eigenvalue weighted by Gasteiger charge is -2.18. The molecule has 0 amide bonds. The summed E-state index contributed by atoms with van der Waals surface area (Å²) in [6.45, 7) is 16.8. The molecule has 0 aromatic rings. The molecule has 0 aliphatic carbocycles. The van der Waals surface area contributed by atoms with Gasteiger partial charge in [-0.1, -0.05) is 76.8 Å². The number of rotatable bonds is 19. The minimum absolute atomic E-state index is 0.100. The van der Waals surface area contributed by atoms with Gasteiger partial charge in [0.05, 0.1) is 17.6 Å². The van der Waals surface area contributed by atoms with Crippen LogP contribution in [0.1, 0.15) is 120 Å². The van der Waals surface area contributed by atoms with Gasteiger partial charge in [0.1, 0.15) is 0 Å². The maximum Gasteiger partial charge on any atom is 0.157 e. The van der Waals surface area contributed by atoms with E-state index in [9.17, 15) is 8.42 Å². The Morgan fingerprint density at radius 3 is 1.54 bits per heavy atom. The first kappa shape index (κ1) is 35.4. The van der Waals surface area contributed by atoms with Crippen LogP contribution in [0.2, 0.25) is 0 Å². The van der Waals surface area contributed by atoms with E-state index in [0.29, 0.717) is 12.8 Å². The zero-order valence-electron chi connectivity index (χ0n) is 25.2. The third kappa shape index (κ3) is 18.3. The number of allylic oxidation sites excluding steroid dienone is 10. The van der Waals surface area contributed by atoms with Crippen molar-refractivity contribution in [3.05, 3.63) is 69.9 Å². The third-order valence-corrected chi connectivity index (χ3v) is 9.12. The molecule has 0 rings (SSSR count). The van der Waals surface area contributed by atoms with E-state index in [1.807, 2.05) is 26.8 Å². The second-order valence-electron chi connectivity index (χ2n) is 10.9. The molecule has 0 heterocycles. The topological polar surface area (TPSA) is 54.4 Å². The lowest BCUT2D eigenvalue weighted by atomic mass is 10.0. The van der Waals surface area contributed by atoms with Gasteiger partial charge in [-0.05, 0) is 113 Å². The predicted octanol–water partition coefficient (Wildman–Crippen LogP) is 9.38. The fourth-order valence-corrected chi connectivity index (χ4v) is 6.16. The maximum absolute atomic E-state index is 13.1. The lowest BCUT2D eigenvalue weighted by molar-refractivity contribution is 0.341. The first-order valence-corrected chi connectivity index (χ1v) is 15.9. The SMILES string of the molecule is CCCS(=O)(=O)C(CC=C(C)CCC=C(C)CCC=C(C)C)C(C)=CCCC(C)=CCCC(C)=CCO. The Morgan fingerprint density at radius 1 is 0.649 bits per heavy atom. The Morgan fingerprint density at radius 2 is 1.08 bits per heavy atom. The van der Waals surface area contributed by atoms with Crippen LogP contribution in [0.25, 0.3) is 0 Å². The van der Waals surface area contributed by atoms with E-state index in [1.54, 1.807) is 0 Å². The van der Waals surface area contributed by atoms with Crippen LogP contribution in [0.5, 0.6) is 0 Å². The van der Waals surface area contributed by atoms with Gasteiger partial charge < -0.3 is 5.11 Å². The van der Waals surface area contributed by atoms with Gasteiger partial charge in [-0.2, -0.15) is 0 Å². The average molecular weight is 533 g/mol. The number of hydrogen-bond acceptors (Lipinski definition) is 3. The van der Waals surface area contributed by atoms with Crippen LogP contribution in [-0.4, -0.2) is 31.1 Å². The summed E-state index contributed by atoms with van der Waals surface area (Å²) in [5, 5.41) is 8.54. The van der Waals surface area contributed by atoms with E-state index >= 15 is 0 Å². The fourth-order valence-electron chi connectivity index (χ4n) is 4.25. The maximum atomic E-state index is 13.1. The Hall–Kier alpha value is -1.65. The monoisotopic (exact) mass is 532 g/mol. The molecule has 0 aliphatic rings. The summed E-state index contributed by atoms with van der Waals surface area (Å²) >= 11 is 0. The van der Waals surface area contributed by atoms with Crippen molar-refractivity contribution in [1.29, 1.82) is 0 Å². The van der Waals surface area contributed by atoms with Gasteiger partial charge >= 0.3 is 0 Å². The minimum atomic E-state index is -3.17. The van der Waals surface area contributed by atoms with Crippen molar-refractivity contribution in [2.45, 2.75) is 125 Å². The standard InChI is InChI=1S/C33H56O3S/c1-9-26-37(35,36)33(23-22-30(6)18-11-16-28(4)15-10-14-27(2)3)32(8)21-13-20-29(5)17-12-19-31(7)24-25-34/h14,16-17,21-22,24,33-34H,9-13,15,18-20,23,25-26H2,1-8H3. The summed E-state index contributed by atoms with van der Waals surface area (Å²) in [5.74, 6) is 0.239. The smallest absolute Gasteiger partial charge is 0.157 e. The summed E-state index contributed by atoms with van der Waals surface area (Å²) in [6, 6.07) is 0. The molecule has 1 unspecified atom stereocenters. The van der Waals surface area contributed by atoms with E-state index in [-0.39, 0.29) is 12.4 Å². The summed E-state index contributed by atoms with van der Waals surface area (Å²) < 4.78 is 26.1. The van der Waals surface area contributed by atoms with E-state index in [0.717, 1.165) is 56.9 Å². The highest BCUT2D eigenvalue weighted by Crippen LogP contribution is 2.22. The number of aliphatic hydroxyl groups is 1. The second-order valence-corrected chi connectivity index (χ2v) is 13.2. The molecule has 3 nitrogen and oxygen atoms in total. The summed E-state index contributed by atoms with van der Waals surface area (Å²) in [5.41, 5.74) is 7.57. The highest BCUT2D eigenvalue weighted by molar-refractivity contribution is 7.92. The lowest BCUT2D eigenvalue weighted by Crippen LogP contribution is -2.25. The molecule has 0 radical (unpaired) electrons. The number of aliphatic hydroxyl groups excluding tert-OH is 1. The van der Waals surface area contributed by atoms with Gasteiger partial charge in [0.15, 0.2) is 9.84 Å². The molecule has 0 saturated carbocycles. The quantitative estimate of drug-likeness (QED) is 0.169. The zero-order valence-corrected chi connectivity index (χ0v) is 26.0. The molecule has 0 aromatic carbocycles. The van der Waals surface area contributed by atoms with E-state index in [1.165, 1.54) is 27.9 Å². The summed E-state index contributed by atoms with van der Waals surface area (Å²) in [4.78, 5) is 0. The Balaban J connectivity index is 5.09. The van der Waals surface area contributed by atoms with E-state index < -0.39 is 15.1 Å². The molecular formula is C33H56O3S. The van der Waals surface area contributed by atoms with Crippen molar-refractivity contribution in [3.63, 3.8) is 0 Å². The Bertz CT molecular complexity index is 936. The van der Waals surface area contributed by atoms with Crippen molar-refractivity contribution in [2.24, 2.45) is 0 Å². The first-order chi connectivity index (χ1) is 17.4. The van der Waals surface area contributed by atoms with Crippen molar-refractivity contribution in [2.75, 3.05) is 12.4 Å². The van der Waals surface area contributed by atoms with Gasteiger partial charge in [0.2, 0.25) is 0 Å². The first-order valence-electron chi connectivity index (χ1n) is 14.2. The second kappa shape index (κ2) is 20.3. The van der Waals surface area contributed by atoms with Crippen LogP contribution in [0.3, 0.4) is 0 Å². The number of sulfone groups is 1. The molecule has 0 aromatic heterocycles.